The maximum Gasteiger partial charge on any atom is 0.124 e. The first-order valence-corrected chi connectivity index (χ1v) is 6.99. The highest BCUT2D eigenvalue weighted by molar-refractivity contribution is 9.10. The summed E-state index contributed by atoms with van der Waals surface area (Å²) in [5.74, 6) is 0.830. The topological polar surface area (TPSA) is 35.2 Å². The van der Waals surface area contributed by atoms with Crippen LogP contribution in [0.15, 0.2) is 40.9 Å². The Morgan fingerprint density at radius 3 is 2.37 bits per heavy atom. The minimum Gasteiger partial charge on any atom is -0.496 e. The molecule has 2 rings (SSSR count). The van der Waals surface area contributed by atoms with Gasteiger partial charge >= 0.3 is 0 Å². The molecule has 0 saturated heterocycles. The predicted molar refractivity (Wildman–Crippen MR) is 82.6 cm³/mol. The molecule has 0 amide bonds. The number of hydrogen-bond donors (Lipinski definition) is 1. The van der Waals surface area contributed by atoms with Crippen molar-refractivity contribution >= 4 is 15.9 Å². The number of halogens is 1. The SMILES string of the molecule is COc1cc(C)c(Br)cc1C(N)c1ccccc1C. The molecule has 0 bridgehead atoms. The zero-order valence-corrected chi connectivity index (χ0v) is 13.0. The molecule has 0 aromatic heterocycles. The highest BCUT2D eigenvalue weighted by Crippen LogP contribution is 2.34. The van der Waals surface area contributed by atoms with Gasteiger partial charge in [0.1, 0.15) is 5.75 Å². The van der Waals surface area contributed by atoms with E-state index in [0.717, 1.165) is 26.9 Å². The van der Waals surface area contributed by atoms with Crippen LogP contribution in [-0.4, -0.2) is 7.11 Å². The molecule has 0 aliphatic heterocycles. The van der Waals surface area contributed by atoms with Crippen LogP contribution in [0.1, 0.15) is 28.3 Å². The second-order valence-corrected chi connectivity index (χ2v) is 5.53. The fourth-order valence-electron chi connectivity index (χ4n) is 2.19. The lowest BCUT2D eigenvalue weighted by Gasteiger charge is -2.19. The number of hydrogen-bond acceptors (Lipinski definition) is 2. The summed E-state index contributed by atoms with van der Waals surface area (Å²) >= 11 is 3.56. The van der Waals surface area contributed by atoms with Crippen LogP contribution in [0.2, 0.25) is 0 Å². The Hall–Kier alpha value is -1.32. The van der Waals surface area contributed by atoms with Crippen LogP contribution in [0.4, 0.5) is 0 Å². The second-order valence-electron chi connectivity index (χ2n) is 4.68. The van der Waals surface area contributed by atoms with E-state index in [4.69, 9.17) is 10.5 Å². The molecule has 2 N–H and O–H groups in total. The number of rotatable bonds is 3. The van der Waals surface area contributed by atoms with Crippen LogP contribution < -0.4 is 10.5 Å². The molecule has 1 unspecified atom stereocenters. The van der Waals surface area contributed by atoms with Gasteiger partial charge in [-0.3, -0.25) is 0 Å². The van der Waals surface area contributed by atoms with E-state index in [-0.39, 0.29) is 6.04 Å². The predicted octanol–water partition coefficient (Wildman–Crippen LogP) is 4.12. The molecule has 100 valence electrons. The standard InChI is InChI=1S/C16H18BrNO/c1-10-6-4-5-7-12(10)16(18)13-9-14(17)11(2)8-15(13)19-3/h4-9,16H,18H2,1-3H3. The first-order valence-electron chi connectivity index (χ1n) is 6.19. The van der Waals surface area contributed by atoms with E-state index in [9.17, 15) is 0 Å². The van der Waals surface area contributed by atoms with Crippen molar-refractivity contribution in [1.82, 2.24) is 0 Å². The van der Waals surface area contributed by atoms with Crippen molar-refractivity contribution in [1.29, 1.82) is 0 Å². The van der Waals surface area contributed by atoms with Gasteiger partial charge in [-0.1, -0.05) is 40.2 Å². The second kappa shape index (κ2) is 5.76. The molecule has 0 radical (unpaired) electrons. The third kappa shape index (κ3) is 2.82. The van der Waals surface area contributed by atoms with Gasteiger partial charge in [0, 0.05) is 10.0 Å². The van der Waals surface area contributed by atoms with E-state index < -0.39 is 0 Å². The Morgan fingerprint density at radius 2 is 1.74 bits per heavy atom. The fourth-order valence-corrected chi connectivity index (χ4v) is 2.55. The van der Waals surface area contributed by atoms with Gasteiger partial charge in [-0.15, -0.1) is 0 Å². The quantitative estimate of drug-likeness (QED) is 0.923. The Bertz CT molecular complexity index is 595. The van der Waals surface area contributed by atoms with Crippen molar-refractivity contribution < 1.29 is 4.74 Å². The molecule has 0 saturated carbocycles. The summed E-state index contributed by atoms with van der Waals surface area (Å²) in [6.45, 7) is 4.11. The third-order valence-corrected chi connectivity index (χ3v) is 4.22. The van der Waals surface area contributed by atoms with Crippen LogP contribution in [-0.2, 0) is 0 Å². The summed E-state index contributed by atoms with van der Waals surface area (Å²) in [5, 5.41) is 0. The number of aryl methyl sites for hydroxylation is 2. The molecule has 0 aliphatic rings. The van der Waals surface area contributed by atoms with Crippen molar-refractivity contribution in [3.05, 3.63) is 63.1 Å². The molecule has 0 heterocycles. The molecule has 2 aromatic carbocycles. The molecule has 0 spiro atoms. The maximum absolute atomic E-state index is 6.41. The summed E-state index contributed by atoms with van der Waals surface area (Å²) in [5.41, 5.74) is 10.9. The van der Waals surface area contributed by atoms with E-state index in [1.165, 1.54) is 5.56 Å². The van der Waals surface area contributed by atoms with E-state index in [0.29, 0.717) is 0 Å². The molecular formula is C16H18BrNO. The van der Waals surface area contributed by atoms with E-state index in [2.05, 4.69) is 35.0 Å². The van der Waals surface area contributed by atoms with Gasteiger partial charge in [0.15, 0.2) is 0 Å². The average Bonchev–Trinajstić information content (AvgIpc) is 2.41. The van der Waals surface area contributed by atoms with Crippen molar-refractivity contribution in [2.75, 3.05) is 7.11 Å². The highest BCUT2D eigenvalue weighted by Gasteiger charge is 2.17. The smallest absolute Gasteiger partial charge is 0.124 e. The molecule has 2 nitrogen and oxygen atoms in total. The number of ether oxygens (including phenoxy) is 1. The van der Waals surface area contributed by atoms with Gasteiger partial charge in [-0.2, -0.15) is 0 Å². The summed E-state index contributed by atoms with van der Waals surface area (Å²) in [6.07, 6.45) is 0. The minimum atomic E-state index is -0.187. The lowest BCUT2D eigenvalue weighted by Crippen LogP contribution is -2.14. The van der Waals surface area contributed by atoms with Crippen LogP contribution >= 0.6 is 15.9 Å². The molecule has 0 aliphatic carbocycles. The minimum absolute atomic E-state index is 0.187. The zero-order chi connectivity index (χ0) is 14.0. The van der Waals surface area contributed by atoms with Gasteiger partial charge in [0.2, 0.25) is 0 Å². The zero-order valence-electron chi connectivity index (χ0n) is 11.4. The summed E-state index contributed by atoms with van der Waals surface area (Å²) in [4.78, 5) is 0. The molecule has 0 fully saturated rings. The van der Waals surface area contributed by atoms with Crippen molar-refractivity contribution in [2.24, 2.45) is 5.73 Å². The first kappa shape index (κ1) is 14.1. The van der Waals surface area contributed by atoms with Crippen molar-refractivity contribution in [3.8, 4) is 5.75 Å². The van der Waals surface area contributed by atoms with Crippen LogP contribution in [0.25, 0.3) is 0 Å². The number of methoxy groups -OCH3 is 1. The largest absolute Gasteiger partial charge is 0.496 e. The van der Waals surface area contributed by atoms with Gasteiger partial charge in [-0.05, 0) is 42.7 Å². The molecule has 19 heavy (non-hydrogen) atoms. The first-order chi connectivity index (χ1) is 9.04. The summed E-state index contributed by atoms with van der Waals surface area (Å²) in [6, 6.07) is 12.0. The van der Waals surface area contributed by atoms with E-state index >= 15 is 0 Å². The molecular weight excluding hydrogens is 302 g/mol. The van der Waals surface area contributed by atoms with E-state index in [1.807, 2.05) is 31.2 Å². The lowest BCUT2D eigenvalue weighted by atomic mass is 9.94. The van der Waals surface area contributed by atoms with Crippen LogP contribution in [0.3, 0.4) is 0 Å². The third-order valence-electron chi connectivity index (χ3n) is 3.37. The van der Waals surface area contributed by atoms with Crippen molar-refractivity contribution in [2.45, 2.75) is 19.9 Å². The Labute approximate surface area is 122 Å². The van der Waals surface area contributed by atoms with Gasteiger partial charge in [0.05, 0.1) is 13.2 Å². The van der Waals surface area contributed by atoms with Gasteiger partial charge in [-0.25, -0.2) is 0 Å². The summed E-state index contributed by atoms with van der Waals surface area (Å²) in [7, 11) is 1.68. The Kier molecular flexibility index (Phi) is 4.27. The number of benzene rings is 2. The fraction of sp³-hybridized carbons (Fsp3) is 0.250. The molecule has 3 heteroatoms. The highest BCUT2D eigenvalue weighted by atomic mass is 79.9. The number of nitrogens with two attached hydrogens (primary N) is 1. The van der Waals surface area contributed by atoms with E-state index in [1.54, 1.807) is 7.11 Å². The van der Waals surface area contributed by atoms with Crippen LogP contribution in [0.5, 0.6) is 5.75 Å². The maximum atomic E-state index is 6.41. The normalized spacial score (nSPS) is 12.3. The average molecular weight is 320 g/mol. The molecule has 2 aromatic rings. The van der Waals surface area contributed by atoms with Gasteiger partial charge in [0.25, 0.3) is 0 Å². The lowest BCUT2D eigenvalue weighted by molar-refractivity contribution is 0.407. The monoisotopic (exact) mass is 319 g/mol. The summed E-state index contributed by atoms with van der Waals surface area (Å²) < 4.78 is 6.51. The molecule has 1 atom stereocenters. The van der Waals surface area contributed by atoms with Crippen molar-refractivity contribution in [3.63, 3.8) is 0 Å². The van der Waals surface area contributed by atoms with Crippen LogP contribution in [0, 0.1) is 13.8 Å². The Balaban J connectivity index is 2.52. The Morgan fingerprint density at radius 1 is 1.05 bits per heavy atom. The van der Waals surface area contributed by atoms with Gasteiger partial charge < -0.3 is 10.5 Å².